The van der Waals surface area contributed by atoms with E-state index >= 15 is 0 Å². The summed E-state index contributed by atoms with van der Waals surface area (Å²) in [6, 6.07) is -0.415. The third kappa shape index (κ3) is 11.8. The summed E-state index contributed by atoms with van der Waals surface area (Å²) in [6.07, 6.45) is -0.176. The second-order valence-corrected chi connectivity index (χ2v) is 10.2. The summed E-state index contributed by atoms with van der Waals surface area (Å²) in [5.74, 6) is -9.32. The van der Waals surface area contributed by atoms with Gasteiger partial charge in [0.05, 0.1) is 22.7 Å². The lowest BCUT2D eigenvalue weighted by Gasteiger charge is -2.15. The van der Waals surface area contributed by atoms with Crippen LogP contribution >= 0.6 is 23.5 Å². The minimum absolute atomic E-state index is 0.0429. The van der Waals surface area contributed by atoms with E-state index in [4.69, 9.17) is 9.47 Å². The van der Waals surface area contributed by atoms with Crippen molar-refractivity contribution < 1.29 is 36.6 Å². The van der Waals surface area contributed by atoms with Gasteiger partial charge in [0.1, 0.15) is 10.9 Å². The third-order valence-corrected chi connectivity index (χ3v) is 6.19. The van der Waals surface area contributed by atoms with Crippen LogP contribution in [-0.2, 0) is 14.3 Å². The van der Waals surface area contributed by atoms with Crippen molar-refractivity contribution in [1.29, 1.82) is 0 Å². The highest BCUT2D eigenvalue weighted by atomic mass is 32.2. The lowest BCUT2D eigenvalue weighted by Crippen LogP contribution is -2.18. The van der Waals surface area contributed by atoms with E-state index in [0.29, 0.717) is 18.3 Å². The molecule has 0 fully saturated rings. The van der Waals surface area contributed by atoms with E-state index in [1.165, 1.54) is 23.5 Å². The SMILES string of the molecule is CCOC(C)SC(C)=NCC(CCC(=O)Oc1c(F)c(F)cc(F)c1F)N=C(C)SC(C)OCC. The summed E-state index contributed by atoms with van der Waals surface area (Å²) in [5.41, 5.74) is -0.211. The Bertz CT molecular complexity index is 877. The molecule has 0 saturated carbocycles. The van der Waals surface area contributed by atoms with Crippen LogP contribution in [0.25, 0.3) is 0 Å². The Morgan fingerprint density at radius 3 is 1.97 bits per heavy atom. The van der Waals surface area contributed by atoms with Gasteiger partial charge in [-0.1, -0.05) is 23.5 Å². The second kappa shape index (κ2) is 16.2. The van der Waals surface area contributed by atoms with Gasteiger partial charge >= 0.3 is 5.97 Å². The van der Waals surface area contributed by atoms with Crippen molar-refractivity contribution in [2.24, 2.45) is 9.98 Å². The molecular weight excluding hydrogens is 508 g/mol. The normalized spacial score (nSPS) is 15.1. The van der Waals surface area contributed by atoms with Gasteiger partial charge in [-0.2, -0.15) is 8.78 Å². The second-order valence-electron chi connectivity index (χ2n) is 7.25. The number of carbonyl (C=O) groups excluding carboxylic acids is 1. The number of benzene rings is 1. The van der Waals surface area contributed by atoms with Gasteiger partial charge in [0.15, 0.2) is 11.6 Å². The quantitative estimate of drug-likeness (QED) is 0.0551. The number of thioether (sulfide) groups is 2. The van der Waals surface area contributed by atoms with Crippen LogP contribution in [0.1, 0.15) is 54.4 Å². The molecule has 35 heavy (non-hydrogen) atoms. The van der Waals surface area contributed by atoms with Gasteiger partial charge in [0.2, 0.25) is 17.4 Å². The van der Waals surface area contributed by atoms with Crippen LogP contribution in [0.4, 0.5) is 17.6 Å². The molecule has 0 saturated heterocycles. The molecule has 0 N–H and O–H groups in total. The number of aliphatic imine (C=N–C) groups is 2. The van der Waals surface area contributed by atoms with Gasteiger partial charge in [0.25, 0.3) is 0 Å². The van der Waals surface area contributed by atoms with Gasteiger partial charge < -0.3 is 14.2 Å². The highest BCUT2D eigenvalue weighted by Gasteiger charge is 2.23. The largest absolute Gasteiger partial charge is 0.420 e. The van der Waals surface area contributed by atoms with Crippen molar-refractivity contribution in [2.75, 3.05) is 19.8 Å². The van der Waals surface area contributed by atoms with Gasteiger partial charge in [-0.15, -0.1) is 0 Å². The molecule has 1 aromatic carbocycles. The van der Waals surface area contributed by atoms with Gasteiger partial charge in [-0.3, -0.25) is 14.8 Å². The van der Waals surface area contributed by atoms with Crippen molar-refractivity contribution in [3.63, 3.8) is 0 Å². The van der Waals surface area contributed by atoms with E-state index in [2.05, 4.69) is 14.7 Å². The summed E-state index contributed by atoms with van der Waals surface area (Å²) in [7, 11) is 0. The molecule has 3 unspecified atom stereocenters. The zero-order valence-electron chi connectivity index (χ0n) is 20.7. The average Bonchev–Trinajstić information content (AvgIpc) is 2.77. The topological polar surface area (TPSA) is 69.5 Å². The minimum Gasteiger partial charge on any atom is -0.420 e. The molecule has 198 valence electrons. The minimum atomic E-state index is -1.77. The number of carbonyl (C=O) groups is 1. The Hall–Kier alpha value is -1.63. The molecule has 0 heterocycles. The van der Waals surface area contributed by atoms with Crippen LogP contribution in [-0.4, -0.2) is 52.7 Å². The molecule has 0 amide bonds. The van der Waals surface area contributed by atoms with Gasteiger partial charge in [0, 0.05) is 25.7 Å². The van der Waals surface area contributed by atoms with Crippen molar-refractivity contribution in [3.8, 4) is 5.75 Å². The van der Waals surface area contributed by atoms with Crippen LogP contribution in [0.2, 0.25) is 0 Å². The molecule has 6 nitrogen and oxygen atoms in total. The maximum Gasteiger partial charge on any atom is 0.311 e. The van der Waals surface area contributed by atoms with E-state index in [-0.39, 0.29) is 36.3 Å². The van der Waals surface area contributed by atoms with Crippen molar-refractivity contribution in [1.82, 2.24) is 0 Å². The molecule has 0 bridgehead atoms. The Morgan fingerprint density at radius 2 is 1.46 bits per heavy atom. The van der Waals surface area contributed by atoms with Crippen LogP contribution < -0.4 is 4.74 Å². The van der Waals surface area contributed by atoms with Crippen LogP contribution in [0, 0.1) is 23.3 Å². The fourth-order valence-electron chi connectivity index (χ4n) is 2.86. The van der Waals surface area contributed by atoms with Crippen molar-refractivity contribution >= 4 is 39.6 Å². The molecule has 1 rings (SSSR count). The smallest absolute Gasteiger partial charge is 0.311 e. The molecule has 3 atom stereocenters. The maximum absolute atomic E-state index is 13.8. The van der Waals surface area contributed by atoms with Crippen LogP contribution in [0.5, 0.6) is 5.75 Å². The molecule has 0 spiro atoms. The first kappa shape index (κ1) is 31.4. The Balaban J connectivity index is 2.92. The fourth-order valence-corrected chi connectivity index (χ4v) is 4.59. The third-order valence-electron chi connectivity index (χ3n) is 4.33. The molecule has 0 aliphatic carbocycles. The lowest BCUT2D eigenvalue weighted by atomic mass is 10.1. The van der Waals surface area contributed by atoms with E-state index in [0.717, 1.165) is 5.04 Å². The molecule has 0 aliphatic rings. The number of halogens is 4. The summed E-state index contributed by atoms with van der Waals surface area (Å²) < 4.78 is 69.9. The maximum atomic E-state index is 13.8. The fraction of sp³-hybridized carbons (Fsp3) is 0.609. The number of esters is 1. The van der Waals surface area contributed by atoms with E-state index in [1.807, 2.05) is 34.6 Å². The number of hydrogen-bond donors (Lipinski definition) is 0. The van der Waals surface area contributed by atoms with Crippen LogP contribution in [0.3, 0.4) is 0 Å². The zero-order chi connectivity index (χ0) is 26.5. The summed E-state index contributed by atoms with van der Waals surface area (Å²) in [5, 5.41) is 1.47. The summed E-state index contributed by atoms with van der Waals surface area (Å²) in [6.45, 7) is 12.6. The monoisotopic (exact) mass is 540 g/mol. The van der Waals surface area contributed by atoms with Gasteiger partial charge in [-0.25, -0.2) is 8.78 Å². The van der Waals surface area contributed by atoms with E-state index in [1.54, 1.807) is 6.92 Å². The highest BCUT2D eigenvalue weighted by molar-refractivity contribution is 8.14. The Kier molecular flexibility index (Phi) is 14.5. The highest BCUT2D eigenvalue weighted by Crippen LogP contribution is 2.27. The summed E-state index contributed by atoms with van der Waals surface area (Å²) >= 11 is 2.85. The van der Waals surface area contributed by atoms with Gasteiger partial charge in [-0.05, 0) is 48.0 Å². The van der Waals surface area contributed by atoms with Crippen LogP contribution in [0.15, 0.2) is 16.1 Å². The molecule has 12 heteroatoms. The predicted molar refractivity (Wildman–Crippen MR) is 133 cm³/mol. The summed E-state index contributed by atoms with van der Waals surface area (Å²) in [4.78, 5) is 21.3. The lowest BCUT2D eigenvalue weighted by molar-refractivity contribution is -0.135. The number of hydrogen-bond acceptors (Lipinski definition) is 8. The predicted octanol–water partition coefficient (Wildman–Crippen LogP) is 6.37. The standard InChI is InChI=1S/C23H32F4N2O4S2/c1-7-31-15(5)34-13(3)28-12-17(29-14(4)35-16(6)32-8-2)9-10-20(30)33-23-21(26)18(24)11-19(25)22(23)27/h11,15-17H,7-10,12H2,1-6H3. The van der Waals surface area contributed by atoms with Crippen molar-refractivity contribution in [3.05, 3.63) is 29.3 Å². The zero-order valence-corrected chi connectivity index (χ0v) is 22.3. The Morgan fingerprint density at radius 1 is 0.943 bits per heavy atom. The first-order chi connectivity index (χ1) is 16.5. The van der Waals surface area contributed by atoms with E-state index in [9.17, 15) is 22.4 Å². The average molecular weight is 541 g/mol. The first-order valence-electron chi connectivity index (χ1n) is 11.1. The molecule has 0 radical (unpaired) electrons. The van der Waals surface area contributed by atoms with Crippen molar-refractivity contribution in [2.45, 2.75) is 71.3 Å². The Labute approximate surface area is 212 Å². The molecular formula is C23H32F4N2O4S2. The number of ether oxygens (including phenoxy) is 3. The molecule has 0 aromatic heterocycles. The number of rotatable bonds is 13. The molecule has 0 aliphatic heterocycles. The van der Waals surface area contributed by atoms with E-state index < -0.39 is 41.0 Å². The number of nitrogens with zero attached hydrogens (tertiary/aromatic N) is 2. The molecule has 1 aromatic rings. The first-order valence-corrected chi connectivity index (χ1v) is 12.9.